The molecule has 1 N–H and O–H groups in total. The Morgan fingerprint density at radius 2 is 1.81 bits per heavy atom. The van der Waals surface area contributed by atoms with Crippen molar-refractivity contribution in [3.05, 3.63) is 64.6 Å². The van der Waals surface area contributed by atoms with Crippen LogP contribution in [0, 0.1) is 5.92 Å². The van der Waals surface area contributed by atoms with E-state index in [2.05, 4.69) is 27.3 Å². The van der Waals surface area contributed by atoms with Gasteiger partial charge in [-0.2, -0.15) is 0 Å². The Hall–Kier alpha value is -2.83. The van der Waals surface area contributed by atoms with Crippen LogP contribution in [0.2, 0.25) is 10.0 Å². The Balaban J connectivity index is 1.32. The molecular formula is C24H24Cl2N4O2. The first-order chi connectivity index (χ1) is 15.5. The summed E-state index contributed by atoms with van der Waals surface area (Å²) in [6, 6.07) is 16.3. The number of carbonyl (C=O) groups excluding carboxylic acids is 1. The van der Waals surface area contributed by atoms with Gasteiger partial charge in [-0.25, -0.2) is 0 Å². The monoisotopic (exact) mass is 470 g/mol. The second-order valence-electron chi connectivity index (χ2n) is 7.94. The summed E-state index contributed by atoms with van der Waals surface area (Å²) >= 11 is 12.0. The van der Waals surface area contributed by atoms with Gasteiger partial charge in [0.15, 0.2) is 12.4 Å². The van der Waals surface area contributed by atoms with Crippen molar-refractivity contribution < 1.29 is 9.53 Å². The highest BCUT2D eigenvalue weighted by Crippen LogP contribution is 2.28. The van der Waals surface area contributed by atoms with Crippen molar-refractivity contribution >= 4 is 40.6 Å². The van der Waals surface area contributed by atoms with Crippen LogP contribution in [0.1, 0.15) is 19.8 Å². The van der Waals surface area contributed by atoms with Crippen LogP contribution in [-0.4, -0.2) is 35.8 Å². The summed E-state index contributed by atoms with van der Waals surface area (Å²) in [4.78, 5) is 14.5. The van der Waals surface area contributed by atoms with Gasteiger partial charge in [0.05, 0.1) is 10.7 Å². The third kappa shape index (κ3) is 5.69. The molecule has 2 heterocycles. The lowest BCUT2D eigenvalue weighted by molar-refractivity contribution is -0.118. The Morgan fingerprint density at radius 3 is 2.50 bits per heavy atom. The molecule has 8 heteroatoms. The number of carbonyl (C=O) groups is 1. The van der Waals surface area contributed by atoms with E-state index in [1.165, 1.54) is 12.8 Å². The molecule has 0 aliphatic carbocycles. The van der Waals surface area contributed by atoms with E-state index in [-0.39, 0.29) is 12.5 Å². The SMILES string of the molecule is CC1CCN(c2ccc(-c3ccc(NC(=O)COc4cc(Cl)ccc4Cl)cc3)nn2)CC1. The minimum atomic E-state index is -0.297. The predicted molar refractivity (Wildman–Crippen MR) is 129 cm³/mol. The molecule has 0 radical (unpaired) electrons. The zero-order valence-electron chi connectivity index (χ0n) is 17.7. The van der Waals surface area contributed by atoms with E-state index in [0.29, 0.717) is 21.5 Å². The van der Waals surface area contributed by atoms with Crippen LogP contribution in [0.15, 0.2) is 54.6 Å². The molecule has 0 unspecified atom stereocenters. The molecule has 0 atom stereocenters. The van der Waals surface area contributed by atoms with E-state index < -0.39 is 0 Å². The molecule has 3 aromatic rings. The molecule has 1 amide bonds. The Kier molecular flexibility index (Phi) is 7.12. The molecule has 0 saturated carbocycles. The van der Waals surface area contributed by atoms with Crippen LogP contribution in [0.3, 0.4) is 0 Å². The average Bonchev–Trinajstić information content (AvgIpc) is 2.81. The number of rotatable bonds is 6. The maximum Gasteiger partial charge on any atom is 0.262 e. The standard InChI is InChI=1S/C24H24Cl2N4O2/c1-16-10-12-30(13-11-16)23-9-8-21(28-29-23)17-2-5-19(6-3-17)27-24(31)15-32-22-14-18(25)4-7-20(22)26/h2-9,14,16H,10-13,15H2,1H3,(H,27,31). The minimum absolute atomic E-state index is 0.177. The number of hydrogen-bond donors (Lipinski definition) is 1. The summed E-state index contributed by atoms with van der Waals surface area (Å²) in [5, 5.41) is 12.5. The number of nitrogens with one attached hydrogen (secondary N) is 1. The number of aromatic nitrogens is 2. The zero-order valence-corrected chi connectivity index (χ0v) is 19.2. The van der Waals surface area contributed by atoms with Gasteiger partial charge in [0.25, 0.3) is 5.91 Å². The number of nitrogens with zero attached hydrogens (tertiary/aromatic N) is 3. The minimum Gasteiger partial charge on any atom is -0.482 e. The molecule has 1 saturated heterocycles. The number of benzene rings is 2. The fourth-order valence-electron chi connectivity index (χ4n) is 3.54. The molecule has 1 fully saturated rings. The average molecular weight is 471 g/mol. The molecule has 1 aliphatic heterocycles. The van der Waals surface area contributed by atoms with Gasteiger partial charge < -0.3 is 15.0 Å². The normalized spacial score (nSPS) is 14.3. The van der Waals surface area contributed by atoms with Gasteiger partial charge in [-0.05, 0) is 55.2 Å². The van der Waals surface area contributed by atoms with Gasteiger partial charge >= 0.3 is 0 Å². The van der Waals surface area contributed by atoms with Crippen LogP contribution in [-0.2, 0) is 4.79 Å². The number of ether oxygens (including phenoxy) is 1. The van der Waals surface area contributed by atoms with E-state index in [1.807, 2.05) is 36.4 Å². The highest BCUT2D eigenvalue weighted by molar-refractivity contribution is 6.34. The van der Waals surface area contributed by atoms with Crippen molar-refractivity contribution in [2.75, 3.05) is 29.9 Å². The van der Waals surface area contributed by atoms with Gasteiger partial charge in [0.2, 0.25) is 0 Å². The summed E-state index contributed by atoms with van der Waals surface area (Å²) in [6.45, 7) is 4.16. The molecule has 32 heavy (non-hydrogen) atoms. The first kappa shape index (κ1) is 22.4. The first-order valence-corrected chi connectivity index (χ1v) is 11.3. The maximum atomic E-state index is 12.2. The maximum absolute atomic E-state index is 12.2. The largest absolute Gasteiger partial charge is 0.482 e. The fraction of sp³-hybridized carbons (Fsp3) is 0.292. The molecule has 0 bridgehead atoms. The van der Waals surface area contributed by atoms with Crippen LogP contribution in [0.5, 0.6) is 5.75 Å². The third-order valence-corrected chi connectivity index (χ3v) is 6.02. The molecule has 4 rings (SSSR count). The summed E-state index contributed by atoms with van der Waals surface area (Å²) in [5.74, 6) is 1.77. The Morgan fingerprint density at radius 1 is 1.06 bits per heavy atom. The second-order valence-corrected chi connectivity index (χ2v) is 8.78. The lowest BCUT2D eigenvalue weighted by Gasteiger charge is -2.30. The summed E-state index contributed by atoms with van der Waals surface area (Å²) < 4.78 is 5.46. The summed E-state index contributed by atoms with van der Waals surface area (Å²) in [5.41, 5.74) is 2.37. The van der Waals surface area contributed by atoms with Crippen LogP contribution < -0.4 is 15.0 Å². The summed E-state index contributed by atoms with van der Waals surface area (Å²) in [7, 11) is 0. The van der Waals surface area contributed by atoms with E-state index in [4.69, 9.17) is 27.9 Å². The molecular weight excluding hydrogens is 447 g/mol. The highest BCUT2D eigenvalue weighted by Gasteiger charge is 2.17. The van der Waals surface area contributed by atoms with Gasteiger partial charge in [-0.15, -0.1) is 10.2 Å². The van der Waals surface area contributed by atoms with E-state index in [0.717, 1.165) is 36.1 Å². The lowest BCUT2D eigenvalue weighted by Crippen LogP contribution is -2.33. The lowest BCUT2D eigenvalue weighted by atomic mass is 9.99. The smallest absolute Gasteiger partial charge is 0.262 e. The quantitative estimate of drug-likeness (QED) is 0.499. The van der Waals surface area contributed by atoms with Gasteiger partial charge in [0, 0.05) is 35.4 Å². The number of amides is 1. The van der Waals surface area contributed by atoms with Crippen molar-refractivity contribution in [1.82, 2.24) is 10.2 Å². The predicted octanol–water partition coefficient (Wildman–Crippen LogP) is 5.70. The van der Waals surface area contributed by atoms with Crippen LogP contribution in [0.4, 0.5) is 11.5 Å². The van der Waals surface area contributed by atoms with Gasteiger partial charge in [0.1, 0.15) is 5.75 Å². The highest BCUT2D eigenvalue weighted by atomic mass is 35.5. The molecule has 166 valence electrons. The zero-order chi connectivity index (χ0) is 22.5. The Labute approximate surface area is 197 Å². The molecule has 1 aromatic heterocycles. The second kappa shape index (κ2) is 10.2. The van der Waals surface area contributed by atoms with Crippen LogP contribution >= 0.6 is 23.2 Å². The van der Waals surface area contributed by atoms with E-state index >= 15 is 0 Å². The third-order valence-electron chi connectivity index (χ3n) is 5.47. The molecule has 0 spiro atoms. The van der Waals surface area contributed by atoms with Gasteiger partial charge in [-0.1, -0.05) is 42.3 Å². The van der Waals surface area contributed by atoms with Crippen molar-refractivity contribution in [3.8, 4) is 17.0 Å². The Bertz CT molecular complexity index is 1070. The van der Waals surface area contributed by atoms with E-state index in [9.17, 15) is 4.79 Å². The van der Waals surface area contributed by atoms with Crippen molar-refractivity contribution in [3.63, 3.8) is 0 Å². The summed E-state index contributed by atoms with van der Waals surface area (Å²) in [6.07, 6.45) is 2.38. The topological polar surface area (TPSA) is 67.4 Å². The molecule has 1 aliphatic rings. The van der Waals surface area contributed by atoms with Crippen LogP contribution in [0.25, 0.3) is 11.3 Å². The molecule has 6 nitrogen and oxygen atoms in total. The first-order valence-electron chi connectivity index (χ1n) is 10.5. The number of piperidine rings is 1. The fourth-order valence-corrected chi connectivity index (χ4v) is 3.87. The van der Waals surface area contributed by atoms with E-state index in [1.54, 1.807) is 18.2 Å². The number of halogens is 2. The van der Waals surface area contributed by atoms with Crippen molar-refractivity contribution in [1.29, 1.82) is 0 Å². The molecule has 2 aromatic carbocycles. The number of hydrogen-bond acceptors (Lipinski definition) is 5. The van der Waals surface area contributed by atoms with Gasteiger partial charge in [-0.3, -0.25) is 4.79 Å². The number of anilines is 2. The van der Waals surface area contributed by atoms with Crippen molar-refractivity contribution in [2.24, 2.45) is 5.92 Å². The van der Waals surface area contributed by atoms with Crippen molar-refractivity contribution in [2.45, 2.75) is 19.8 Å².